The molecule has 1 aliphatic carbocycles. The summed E-state index contributed by atoms with van der Waals surface area (Å²) in [6.45, 7) is 8.94. The molecular weight excluding hydrogens is 320 g/mol. The first-order chi connectivity index (χ1) is 11.6. The van der Waals surface area contributed by atoms with E-state index in [1.54, 1.807) is 0 Å². The Morgan fingerprint density at radius 2 is 2.00 bits per heavy atom. The van der Waals surface area contributed by atoms with Crippen LogP contribution in [0.15, 0.2) is 0 Å². The van der Waals surface area contributed by atoms with Gasteiger partial charge in [-0.15, -0.1) is 5.10 Å². The van der Waals surface area contributed by atoms with Gasteiger partial charge in [-0.2, -0.15) is 5.26 Å². The molecule has 1 aromatic rings. The summed E-state index contributed by atoms with van der Waals surface area (Å²) in [6, 6.07) is 2.76. The zero-order valence-electron chi connectivity index (χ0n) is 14.8. The number of nitrogens with zero attached hydrogens (tertiary/aromatic N) is 6. The van der Waals surface area contributed by atoms with E-state index in [1.165, 1.54) is 25.7 Å². The molecule has 1 aliphatic heterocycles. The summed E-state index contributed by atoms with van der Waals surface area (Å²) in [7, 11) is 0. The molecule has 0 unspecified atom stereocenters. The van der Waals surface area contributed by atoms with E-state index in [4.69, 9.17) is 22.6 Å². The van der Waals surface area contributed by atoms with Crippen molar-refractivity contribution in [3.63, 3.8) is 0 Å². The number of rotatable bonds is 7. The highest BCUT2D eigenvalue weighted by Gasteiger charge is 2.31. The van der Waals surface area contributed by atoms with Crippen molar-refractivity contribution in [3.8, 4) is 6.07 Å². The third kappa shape index (κ3) is 3.81. The van der Waals surface area contributed by atoms with E-state index < -0.39 is 0 Å². The standard InChI is InChI=1S/C17H28N6S/c1-3-20(10-4-9-18)13-22-17(24)23(15-5-6-15)16(19-22)21-11-7-14(2)8-12-21/h14-15H,3-8,10-13H2,1-2H3. The predicted octanol–water partition coefficient (Wildman–Crippen LogP) is 3.18. The summed E-state index contributed by atoms with van der Waals surface area (Å²) in [5, 5.41) is 13.7. The van der Waals surface area contributed by atoms with Gasteiger partial charge in [-0.05, 0) is 50.4 Å². The molecule has 0 N–H and O–H groups in total. The second-order valence-electron chi connectivity index (χ2n) is 7.11. The van der Waals surface area contributed by atoms with Crippen molar-refractivity contribution in [2.75, 3.05) is 31.1 Å². The van der Waals surface area contributed by atoms with Gasteiger partial charge >= 0.3 is 0 Å². The van der Waals surface area contributed by atoms with Crippen LogP contribution in [0.3, 0.4) is 0 Å². The smallest absolute Gasteiger partial charge is 0.226 e. The van der Waals surface area contributed by atoms with Gasteiger partial charge in [0.2, 0.25) is 10.7 Å². The van der Waals surface area contributed by atoms with Crippen LogP contribution in [0.25, 0.3) is 0 Å². The van der Waals surface area contributed by atoms with Crippen LogP contribution >= 0.6 is 12.2 Å². The van der Waals surface area contributed by atoms with Gasteiger partial charge in [0.1, 0.15) is 0 Å². The third-order valence-corrected chi connectivity index (χ3v) is 5.56. The maximum atomic E-state index is 8.82. The van der Waals surface area contributed by atoms with E-state index in [1.807, 2.05) is 4.68 Å². The van der Waals surface area contributed by atoms with Crippen LogP contribution < -0.4 is 4.90 Å². The fourth-order valence-electron chi connectivity index (χ4n) is 3.30. The number of nitriles is 1. The molecular formula is C17H28N6S. The number of hydrogen-bond acceptors (Lipinski definition) is 5. The lowest BCUT2D eigenvalue weighted by atomic mass is 10.00. The number of anilines is 1. The van der Waals surface area contributed by atoms with Gasteiger partial charge in [0.05, 0.1) is 12.7 Å². The van der Waals surface area contributed by atoms with Crippen LogP contribution in [0, 0.1) is 22.0 Å². The first-order valence-corrected chi connectivity index (χ1v) is 9.58. The SMILES string of the molecule is CCN(CCC#N)Cn1nc(N2CCC(C)CC2)n(C2CC2)c1=S. The molecule has 1 aromatic heterocycles. The minimum Gasteiger partial charge on any atom is -0.341 e. The predicted molar refractivity (Wildman–Crippen MR) is 97.4 cm³/mol. The van der Waals surface area contributed by atoms with Crippen molar-refractivity contribution < 1.29 is 0 Å². The number of hydrogen-bond donors (Lipinski definition) is 0. The number of aromatic nitrogens is 3. The Labute approximate surface area is 149 Å². The average molecular weight is 349 g/mol. The molecule has 0 aromatic carbocycles. The summed E-state index contributed by atoms with van der Waals surface area (Å²) >= 11 is 5.75. The molecule has 0 spiro atoms. The monoisotopic (exact) mass is 348 g/mol. The lowest BCUT2D eigenvalue weighted by Crippen LogP contribution is -2.35. The lowest BCUT2D eigenvalue weighted by Gasteiger charge is -2.31. The highest BCUT2D eigenvalue weighted by molar-refractivity contribution is 7.71. The zero-order chi connectivity index (χ0) is 17.1. The van der Waals surface area contributed by atoms with E-state index >= 15 is 0 Å². The Balaban J connectivity index is 1.82. The summed E-state index contributed by atoms with van der Waals surface area (Å²) in [5.41, 5.74) is 0. The third-order valence-electron chi connectivity index (χ3n) is 5.15. The highest BCUT2D eigenvalue weighted by Crippen LogP contribution is 2.39. The highest BCUT2D eigenvalue weighted by atomic mass is 32.1. The van der Waals surface area contributed by atoms with Crippen molar-refractivity contribution >= 4 is 18.2 Å². The van der Waals surface area contributed by atoms with E-state index in [0.717, 1.165) is 42.8 Å². The van der Waals surface area contributed by atoms with E-state index in [0.29, 0.717) is 19.1 Å². The summed E-state index contributed by atoms with van der Waals surface area (Å²) in [5.74, 6) is 1.87. The van der Waals surface area contributed by atoms with Gasteiger partial charge in [-0.1, -0.05) is 13.8 Å². The van der Waals surface area contributed by atoms with Crippen molar-refractivity contribution in [2.45, 2.75) is 58.7 Å². The fourth-order valence-corrected chi connectivity index (χ4v) is 3.63. The Hall–Kier alpha value is -1.39. The minimum absolute atomic E-state index is 0.537. The molecule has 0 bridgehead atoms. The quantitative estimate of drug-likeness (QED) is 0.708. The van der Waals surface area contributed by atoms with E-state index in [2.05, 4.69) is 34.3 Å². The summed E-state index contributed by atoms with van der Waals surface area (Å²) in [6.07, 6.45) is 5.43. The Bertz CT molecular complexity index is 645. The molecule has 24 heavy (non-hydrogen) atoms. The van der Waals surface area contributed by atoms with Crippen LogP contribution in [0.1, 0.15) is 52.0 Å². The molecule has 0 amide bonds. The lowest BCUT2D eigenvalue weighted by molar-refractivity contribution is 0.220. The second-order valence-corrected chi connectivity index (χ2v) is 7.48. The van der Waals surface area contributed by atoms with Gasteiger partial charge in [0, 0.05) is 32.1 Å². The number of piperidine rings is 1. The molecule has 1 saturated carbocycles. The molecule has 6 nitrogen and oxygen atoms in total. The van der Waals surface area contributed by atoms with Crippen LogP contribution in [-0.2, 0) is 6.67 Å². The van der Waals surface area contributed by atoms with Crippen molar-refractivity contribution in [1.29, 1.82) is 5.26 Å². The van der Waals surface area contributed by atoms with Gasteiger partial charge in [0.15, 0.2) is 0 Å². The van der Waals surface area contributed by atoms with Crippen LogP contribution in [0.2, 0.25) is 0 Å². The van der Waals surface area contributed by atoms with E-state index in [9.17, 15) is 0 Å². The van der Waals surface area contributed by atoms with Crippen molar-refractivity contribution in [2.24, 2.45) is 5.92 Å². The zero-order valence-corrected chi connectivity index (χ0v) is 15.6. The molecule has 1 saturated heterocycles. The maximum absolute atomic E-state index is 8.82. The molecule has 2 heterocycles. The minimum atomic E-state index is 0.537. The molecule has 2 fully saturated rings. The molecule has 7 heteroatoms. The summed E-state index contributed by atoms with van der Waals surface area (Å²) in [4.78, 5) is 4.64. The Morgan fingerprint density at radius 1 is 1.29 bits per heavy atom. The van der Waals surface area contributed by atoms with Crippen LogP contribution in [0.4, 0.5) is 5.95 Å². The van der Waals surface area contributed by atoms with Crippen molar-refractivity contribution in [1.82, 2.24) is 19.2 Å². The first-order valence-electron chi connectivity index (χ1n) is 9.17. The average Bonchev–Trinajstić information content (AvgIpc) is 3.37. The largest absolute Gasteiger partial charge is 0.341 e. The molecule has 0 atom stereocenters. The first kappa shape index (κ1) is 17.4. The Morgan fingerprint density at radius 3 is 2.58 bits per heavy atom. The topological polar surface area (TPSA) is 53.0 Å². The molecule has 3 rings (SSSR count). The van der Waals surface area contributed by atoms with Gasteiger partial charge < -0.3 is 4.90 Å². The van der Waals surface area contributed by atoms with Crippen molar-refractivity contribution in [3.05, 3.63) is 4.77 Å². The summed E-state index contributed by atoms with van der Waals surface area (Å²) < 4.78 is 5.08. The molecule has 0 radical (unpaired) electrons. The van der Waals surface area contributed by atoms with Crippen LogP contribution in [0.5, 0.6) is 0 Å². The Kier molecular flexibility index (Phi) is 5.57. The van der Waals surface area contributed by atoms with E-state index in [-0.39, 0.29) is 0 Å². The van der Waals surface area contributed by atoms with Gasteiger partial charge in [0.25, 0.3) is 0 Å². The van der Waals surface area contributed by atoms with Gasteiger partial charge in [-0.25, -0.2) is 4.68 Å². The maximum Gasteiger partial charge on any atom is 0.226 e. The molecule has 132 valence electrons. The normalized spacial score (nSPS) is 19.0. The molecule has 2 aliphatic rings. The van der Waals surface area contributed by atoms with Gasteiger partial charge in [-0.3, -0.25) is 9.47 Å². The fraction of sp³-hybridized carbons (Fsp3) is 0.824. The second kappa shape index (κ2) is 7.66. The van der Waals surface area contributed by atoms with Crippen LogP contribution in [-0.4, -0.2) is 45.4 Å².